The molecular weight excluding hydrogens is 432 g/mol. The van der Waals surface area contributed by atoms with Crippen molar-refractivity contribution in [2.24, 2.45) is 0 Å². The van der Waals surface area contributed by atoms with Crippen LogP contribution >= 0.6 is 15.9 Å². The van der Waals surface area contributed by atoms with E-state index < -0.39 is 8.32 Å². The third kappa shape index (κ3) is 3.72. The normalized spacial score (nSPS) is 18.5. The summed E-state index contributed by atoms with van der Waals surface area (Å²) in [6.07, 6.45) is 0.813. The second-order valence-electron chi connectivity index (χ2n) is 8.98. The number of ether oxygens (including phenoxy) is 1. The monoisotopic (exact) mass is 460 g/mol. The van der Waals surface area contributed by atoms with Gasteiger partial charge in [-0.3, -0.25) is 4.79 Å². The van der Waals surface area contributed by atoms with E-state index in [-0.39, 0.29) is 15.3 Å². The number of fused-ring (bicyclic) bond motifs is 3. The first-order valence-corrected chi connectivity index (χ1v) is 13.4. The first-order chi connectivity index (χ1) is 13.0. The Labute approximate surface area is 177 Å². The zero-order valence-corrected chi connectivity index (χ0v) is 20.1. The molecule has 0 amide bonds. The van der Waals surface area contributed by atoms with Crippen molar-refractivity contribution in [3.63, 3.8) is 0 Å². The molecule has 28 heavy (non-hydrogen) atoms. The molecule has 1 aliphatic rings. The van der Waals surface area contributed by atoms with Crippen LogP contribution in [-0.4, -0.2) is 20.9 Å². The van der Waals surface area contributed by atoms with Crippen LogP contribution in [-0.2, 0) is 13.5 Å². The number of hydrogen-bond acceptors (Lipinski definition) is 3. The van der Waals surface area contributed by atoms with E-state index in [0.29, 0.717) is 12.4 Å². The van der Waals surface area contributed by atoms with Gasteiger partial charge in [-0.05, 0) is 47.3 Å². The van der Waals surface area contributed by atoms with Crippen LogP contribution in [0.5, 0.6) is 5.75 Å². The molecule has 150 valence electrons. The Hall–Kier alpha value is -1.43. The highest BCUT2D eigenvalue weighted by molar-refractivity contribution is 9.09. The fourth-order valence-corrected chi connectivity index (χ4v) is 5.39. The molecular formula is C23H29BrO3Si. The van der Waals surface area contributed by atoms with Crippen LogP contribution in [0.2, 0.25) is 18.1 Å². The predicted molar refractivity (Wildman–Crippen MR) is 121 cm³/mol. The topological polar surface area (TPSA) is 35.5 Å². The summed E-state index contributed by atoms with van der Waals surface area (Å²) in [7, 11) is -1.82. The summed E-state index contributed by atoms with van der Waals surface area (Å²) in [6.45, 7) is 13.5. The quantitative estimate of drug-likeness (QED) is 0.217. The molecule has 1 unspecified atom stereocenters. The molecule has 2 aromatic rings. The van der Waals surface area contributed by atoms with Gasteiger partial charge in [-0.15, -0.1) is 0 Å². The Bertz CT molecular complexity index is 901. The van der Waals surface area contributed by atoms with E-state index >= 15 is 0 Å². The molecule has 2 aromatic carbocycles. The van der Waals surface area contributed by atoms with Crippen molar-refractivity contribution in [1.82, 2.24) is 0 Å². The van der Waals surface area contributed by atoms with Crippen LogP contribution in [0.15, 0.2) is 42.5 Å². The van der Waals surface area contributed by atoms with Crippen molar-refractivity contribution in [2.45, 2.75) is 56.6 Å². The van der Waals surface area contributed by atoms with Gasteiger partial charge in [-0.2, -0.15) is 0 Å². The fourth-order valence-electron chi connectivity index (χ4n) is 3.50. The zero-order valence-electron chi connectivity index (χ0n) is 17.6. The Kier molecular flexibility index (Phi) is 5.65. The van der Waals surface area contributed by atoms with Crippen molar-refractivity contribution < 1.29 is 14.0 Å². The van der Waals surface area contributed by atoms with E-state index in [2.05, 4.69) is 74.1 Å². The average Bonchev–Trinajstić information content (AvgIpc) is 2.84. The van der Waals surface area contributed by atoms with Crippen LogP contribution in [0.4, 0.5) is 0 Å². The van der Waals surface area contributed by atoms with E-state index in [1.54, 1.807) is 0 Å². The van der Waals surface area contributed by atoms with Crippen molar-refractivity contribution >= 4 is 30.2 Å². The van der Waals surface area contributed by atoms with Gasteiger partial charge in [-0.25, -0.2) is 0 Å². The minimum atomic E-state index is -1.82. The van der Waals surface area contributed by atoms with Crippen LogP contribution < -0.4 is 4.74 Å². The van der Waals surface area contributed by atoms with E-state index in [1.165, 1.54) is 12.5 Å². The number of halogens is 1. The van der Waals surface area contributed by atoms with Gasteiger partial charge >= 0.3 is 5.97 Å². The molecule has 0 saturated carbocycles. The summed E-state index contributed by atoms with van der Waals surface area (Å²) in [4.78, 5) is 11.6. The first-order valence-electron chi connectivity index (χ1n) is 9.72. The molecule has 0 N–H and O–H groups in total. The number of benzene rings is 2. The summed E-state index contributed by atoms with van der Waals surface area (Å²) in [5.74, 6) is 0.309. The number of carbonyl (C=O) groups is 1. The summed E-state index contributed by atoms with van der Waals surface area (Å²) in [5.41, 5.74) is 4.44. The van der Waals surface area contributed by atoms with E-state index in [0.717, 1.165) is 23.1 Å². The van der Waals surface area contributed by atoms with Gasteiger partial charge in [-0.1, -0.05) is 73.1 Å². The Morgan fingerprint density at radius 2 is 1.71 bits per heavy atom. The van der Waals surface area contributed by atoms with Crippen molar-refractivity contribution in [3.05, 3.63) is 53.6 Å². The lowest BCUT2D eigenvalue weighted by molar-refractivity contribution is -0.131. The summed E-state index contributed by atoms with van der Waals surface area (Å²) in [6, 6.07) is 14.3. The van der Waals surface area contributed by atoms with Gasteiger partial charge in [0.1, 0.15) is 5.75 Å². The van der Waals surface area contributed by atoms with Crippen LogP contribution in [0.3, 0.4) is 0 Å². The minimum absolute atomic E-state index is 0.181. The van der Waals surface area contributed by atoms with Gasteiger partial charge in [0.05, 0.1) is 4.32 Å². The number of esters is 1. The van der Waals surface area contributed by atoms with Crippen LogP contribution in [0.25, 0.3) is 11.1 Å². The molecule has 3 rings (SSSR count). The van der Waals surface area contributed by atoms with E-state index in [4.69, 9.17) is 9.16 Å². The maximum Gasteiger partial charge on any atom is 0.308 e. The molecule has 1 aliphatic carbocycles. The largest absolute Gasteiger partial charge is 0.426 e. The van der Waals surface area contributed by atoms with Gasteiger partial charge in [0.25, 0.3) is 0 Å². The molecule has 0 aromatic heterocycles. The molecule has 0 radical (unpaired) electrons. The minimum Gasteiger partial charge on any atom is -0.426 e. The van der Waals surface area contributed by atoms with Crippen molar-refractivity contribution in [2.75, 3.05) is 6.61 Å². The zero-order chi connectivity index (χ0) is 20.7. The lowest BCUT2D eigenvalue weighted by Gasteiger charge is -2.37. The summed E-state index contributed by atoms with van der Waals surface area (Å²) >= 11 is 4.06. The maximum absolute atomic E-state index is 11.6. The van der Waals surface area contributed by atoms with Gasteiger partial charge in [0.15, 0.2) is 8.32 Å². The lowest BCUT2D eigenvalue weighted by atomic mass is 9.93. The number of carbonyl (C=O) groups excluding carboxylic acids is 1. The average molecular weight is 461 g/mol. The number of alkyl halides is 1. The van der Waals surface area contributed by atoms with Crippen LogP contribution in [0, 0.1) is 0 Å². The van der Waals surface area contributed by atoms with Gasteiger partial charge < -0.3 is 9.16 Å². The molecule has 3 nitrogen and oxygen atoms in total. The van der Waals surface area contributed by atoms with Crippen LogP contribution in [0.1, 0.15) is 45.2 Å². The fraction of sp³-hybridized carbons (Fsp3) is 0.435. The third-order valence-electron chi connectivity index (χ3n) is 6.05. The highest BCUT2D eigenvalue weighted by atomic mass is 79.9. The van der Waals surface area contributed by atoms with Crippen molar-refractivity contribution in [1.29, 1.82) is 0 Å². The molecule has 0 bridgehead atoms. The SMILES string of the molecule is CC(=O)Oc1cccc2c1-c1ccccc1C2(Br)CCO[Si](C)(C)C(C)(C)C. The highest BCUT2D eigenvalue weighted by Gasteiger charge is 2.43. The summed E-state index contributed by atoms with van der Waals surface area (Å²) in [5, 5.41) is 0.181. The molecule has 0 spiro atoms. The molecule has 0 aliphatic heterocycles. The van der Waals surface area contributed by atoms with Gasteiger partial charge in [0, 0.05) is 19.1 Å². The lowest BCUT2D eigenvalue weighted by Crippen LogP contribution is -2.41. The first kappa shape index (κ1) is 21.3. The summed E-state index contributed by atoms with van der Waals surface area (Å²) < 4.78 is 11.6. The molecule has 0 fully saturated rings. The van der Waals surface area contributed by atoms with Gasteiger partial charge in [0.2, 0.25) is 0 Å². The maximum atomic E-state index is 11.6. The number of hydrogen-bond donors (Lipinski definition) is 0. The second-order valence-corrected chi connectivity index (χ2v) is 15.1. The third-order valence-corrected chi connectivity index (χ3v) is 11.8. The molecule has 0 saturated heterocycles. The number of rotatable bonds is 5. The van der Waals surface area contributed by atoms with E-state index in [9.17, 15) is 4.79 Å². The molecule has 0 heterocycles. The Balaban J connectivity index is 1.98. The highest BCUT2D eigenvalue weighted by Crippen LogP contribution is 2.57. The Morgan fingerprint density at radius 1 is 1.07 bits per heavy atom. The smallest absolute Gasteiger partial charge is 0.308 e. The predicted octanol–water partition coefficient (Wildman–Crippen LogP) is 6.64. The van der Waals surface area contributed by atoms with E-state index in [1.807, 2.05) is 18.2 Å². The van der Waals surface area contributed by atoms with Crippen molar-refractivity contribution in [3.8, 4) is 16.9 Å². The standard InChI is InChI=1S/C23H29BrO3Si/c1-16(25)27-20-13-9-12-19-21(20)17-10-7-8-11-18(17)23(19,24)14-15-26-28(5,6)22(2,3)4/h7-13H,14-15H2,1-6H3. The molecule has 5 heteroatoms. The Morgan fingerprint density at radius 3 is 2.36 bits per heavy atom. The molecule has 1 atom stereocenters. The second kappa shape index (κ2) is 7.43.